The number of thioether (sulfide) groups is 1. The minimum Gasteiger partial charge on any atom is -0.481 e. The van der Waals surface area contributed by atoms with Crippen LogP contribution < -0.4 is 0 Å². The van der Waals surface area contributed by atoms with E-state index in [-0.39, 0.29) is 11.7 Å². The van der Waals surface area contributed by atoms with Crippen LogP contribution in [0.15, 0.2) is 0 Å². The average Bonchev–Trinajstić information content (AvgIpc) is 1.81. The number of carboxylic acid groups (broad SMARTS) is 1. The van der Waals surface area contributed by atoms with E-state index in [2.05, 4.69) is 0 Å². The second-order valence-corrected chi connectivity index (χ2v) is 3.69. The molecule has 0 amide bonds. The molecule has 0 aliphatic carbocycles. The van der Waals surface area contributed by atoms with Crippen LogP contribution in [0.5, 0.6) is 0 Å². The monoisotopic (exact) mass is 162 g/mol. The summed E-state index contributed by atoms with van der Waals surface area (Å²) in [6.45, 7) is 4.09. The summed E-state index contributed by atoms with van der Waals surface area (Å²) in [6, 6.07) is 0. The number of carboxylic acids is 1. The maximum absolute atomic E-state index is 10.3. The molecule has 3 heteroatoms. The van der Waals surface area contributed by atoms with Crippen molar-refractivity contribution in [1.29, 1.82) is 0 Å². The lowest BCUT2D eigenvalue weighted by Crippen LogP contribution is -2.15. The summed E-state index contributed by atoms with van der Waals surface area (Å²) in [7, 11) is 0. The Morgan fingerprint density at radius 2 is 2.10 bits per heavy atom. The third-order valence-corrected chi connectivity index (χ3v) is 2.74. The lowest BCUT2D eigenvalue weighted by atomic mass is 10.1. The lowest BCUT2D eigenvalue weighted by Gasteiger charge is -2.15. The molecule has 0 rings (SSSR count). The molecule has 1 unspecified atom stereocenters. The molecule has 0 saturated carbocycles. The van der Waals surface area contributed by atoms with E-state index in [1.54, 1.807) is 11.8 Å². The Bertz CT molecular complexity index is 112. The fraction of sp³-hybridized carbons (Fsp3) is 0.857. The van der Waals surface area contributed by atoms with Gasteiger partial charge in [0, 0.05) is 5.25 Å². The predicted molar refractivity (Wildman–Crippen MR) is 44.4 cm³/mol. The molecule has 0 radical (unpaired) electrons. The smallest absolute Gasteiger partial charge is 0.304 e. The van der Waals surface area contributed by atoms with Gasteiger partial charge in [-0.05, 0) is 12.2 Å². The van der Waals surface area contributed by atoms with Gasteiger partial charge in [0.2, 0.25) is 0 Å². The second-order valence-electron chi connectivity index (χ2n) is 2.62. The van der Waals surface area contributed by atoms with Gasteiger partial charge in [-0.3, -0.25) is 4.79 Å². The van der Waals surface area contributed by atoms with Crippen molar-refractivity contribution in [3.63, 3.8) is 0 Å². The van der Waals surface area contributed by atoms with E-state index in [1.165, 1.54) is 0 Å². The van der Waals surface area contributed by atoms with Gasteiger partial charge in [-0.1, -0.05) is 13.8 Å². The molecule has 0 aliphatic heterocycles. The highest BCUT2D eigenvalue weighted by Crippen LogP contribution is 2.19. The summed E-state index contributed by atoms with van der Waals surface area (Å²) in [4.78, 5) is 10.3. The van der Waals surface area contributed by atoms with E-state index >= 15 is 0 Å². The van der Waals surface area contributed by atoms with Gasteiger partial charge in [0.1, 0.15) is 0 Å². The van der Waals surface area contributed by atoms with Crippen LogP contribution in [0.25, 0.3) is 0 Å². The van der Waals surface area contributed by atoms with Crippen LogP contribution in [0.1, 0.15) is 20.3 Å². The first-order chi connectivity index (χ1) is 4.57. The Kier molecular flexibility index (Phi) is 4.52. The molecule has 0 heterocycles. The van der Waals surface area contributed by atoms with Gasteiger partial charge < -0.3 is 5.11 Å². The van der Waals surface area contributed by atoms with Gasteiger partial charge in [0.15, 0.2) is 0 Å². The summed E-state index contributed by atoms with van der Waals surface area (Å²) in [6.07, 6.45) is 2.23. The van der Waals surface area contributed by atoms with Crippen molar-refractivity contribution in [2.45, 2.75) is 25.5 Å². The van der Waals surface area contributed by atoms with E-state index in [0.717, 1.165) is 0 Å². The molecule has 0 spiro atoms. The Hall–Kier alpha value is -0.180. The highest BCUT2D eigenvalue weighted by Gasteiger charge is 2.14. The van der Waals surface area contributed by atoms with Crippen LogP contribution in [-0.4, -0.2) is 22.6 Å². The summed E-state index contributed by atoms with van der Waals surface area (Å²) < 4.78 is 0. The molecule has 0 aliphatic rings. The van der Waals surface area contributed by atoms with Gasteiger partial charge in [0.05, 0.1) is 6.42 Å². The Morgan fingerprint density at radius 1 is 1.60 bits per heavy atom. The Labute approximate surface area is 66.0 Å². The zero-order valence-electron chi connectivity index (χ0n) is 6.63. The predicted octanol–water partition coefficient (Wildman–Crippen LogP) is 1.85. The van der Waals surface area contributed by atoms with Crippen molar-refractivity contribution >= 4 is 17.7 Å². The Morgan fingerprint density at radius 3 is 2.20 bits per heavy atom. The minimum atomic E-state index is -0.701. The van der Waals surface area contributed by atoms with Crippen molar-refractivity contribution in [3.05, 3.63) is 0 Å². The van der Waals surface area contributed by atoms with Crippen LogP contribution in [0.3, 0.4) is 0 Å². The molecule has 0 aromatic carbocycles. The van der Waals surface area contributed by atoms with Crippen molar-refractivity contribution in [1.82, 2.24) is 0 Å². The van der Waals surface area contributed by atoms with Crippen LogP contribution in [0.4, 0.5) is 0 Å². The van der Waals surface area contributed by atoms with Gasteiger partial charge in [-0.25, -0.2) is 0 Å². The maximum Gasteiger partial charge on any atom is 0.304 e. The van der Waals surface area contributed by atoms with E-state index < -0.39 is 5.97 Å². The first kappa shape index (κ1) is 9.82. The molecule has 1 atom stereocenters. The number of rotatable bonds is 4. The van der Waals surface area contributed by atoms with Crippen molar-refractivity contribution in [3.8, 4) is 0 Å². The third kappa shape index (κ3) is 3.77. The maximum atomic E-state index is 10.3. The van der Waals surface area contributed by atoms with E-state index in [1.807, 2.05) is 20.1 Å². The number of carbonyl (C=O) groups is 1. The standard InChI is InChI=1S/C7H14O2S/c1-5(2)6(10-3)4-7(8)9/h5-6H,4H2,1-3H3,(H,8,9). The molecule has 2 nitrogen and oxygen atoms in total. The fourth-order valence-corrected chi connectivity index (χ4v) is 1.62. The Balaban J connectivity index is 3.71. The SMILES string of the molecule is CSC(CC(=O)O)C(C)C. The summed E-state index contributed by atoms with van der Waals surface area (Å²) >= 11 is 1.63. The van der Waals surface area contributed by atoms with Gasteiger partial charge in [-0.2, -0.15) is 11.8 Å². The summed E-state index contributed by atoms with van der Waals surface area (Å²) in [5.74, 6) is -0.251. The lowest BCUT2D eigenvalue weighted by molar-refractivity contribution is -0.137. The zero-order valence-corrected chi connectivity index (χ0v) is 7.44. The molecule has 0 aromatic heterocycles. The van der Waals surface area contributed by atoms with Gasteiger partial charge in [0.25, 0.3) is 0 Å². The first-order valence-corrected chi connectivity index (χ1v) is 4.61. The molecule has 0 bridgehead atoms. The molecule has 60 valence electrons. The largest absolute Gasteiger partial charge is 0.481 e. The molecular formula is C7H14O2S. The molecular weight excluding hydrogens is 148 g/mol. The minimum absolute atomic E-state index is 0.262. The highest BCUT2D eigenvalue weighted by atomic mass is 32.2. The molecule has 0 aromatic rings. The number of hydrogen-bond donors (Lipinski definition) is 1. The number of hydrogen-bond acceptors (Lipinski definition) is 2. The van der Waals surface area contributed by atoms with E-state index in [9.17, 15) is 4.79 Å². The normalized spacial score (nSPS) is 13.6. The zero-order chi connectivity index (χ0) is 8.15. The summed E-state index contributed by atoms with van der Waals surface area (Å²) in [5.41, 5.74) is 0. The summed E-state index contributed by atoms with van der Waals surface area (Å²) in [5, 5.41) is 8.71. The van der Waals surface area contributed by atoms with Gasteiger partial charge in [-0.15, -0.1) is 0 Å². The van der Waals surface area contributed by atoms with Gasteiger partial charge >= 0.3 is 5.97 Å². The van der Waals surface area contributed by atoms with E-state index in [4.69, 9.17) is 5.11 Å². The van der Waals surface area contributed by atoms with Crippen molar-refractivity contribution < 1.29 is 9.90 Å². The van der Waals surface area contributed by atoms with Crippen LogP contribution in [-0.2, 0) is 4.79 Å². The topological polar surface area (TPSA) is 37.3 Å². The molecule has 1 N–H and O–H groups in total. The highest BCUT2D eigenvalue weighted by molar-refractivity contribution is 7.99. The second kappa shape index (κ2) is 4.61. The van der Waals surface area contributed by atoms with Crippen LogP contribution in [0.2, 0.25) is 0 Å². The number of aliphatic carboxylic acids is 1. The first-order valence-electron chi connectivity index (χ1n) is 3.32. The fourth-order valence-electron chi connectivity index (χ4n) is 0.763. The van der Waals surface area contributed by atoms with E-state index in [0.29, 0.717) is 5.92 Å². The molecule has 0 fully saturated rings. The molecule has 0 saturated heterocycles. The van der Waals surface area contributed by atoms with Crippen LogP contribution >= 0.6 is 11.8 Å². The quantitative estimate of drug-likeness (QED) is 0.685. The third-order valence-electron chi connectivity index (χ3n) is 1.42. The molecule has 10 heavy (non-hydrogen) atoms. The van der Waals surface area contributed by atoms with Crippen LogP contribution in [0, 0.1) is 5.92 Å². The average molecular weight is 162 g/mol. The van der Waals surface area contributed by atoms with Crippen molar-refractivity contribution in [2.24, 2.45) is 5.92 Å². The van der Waals surface area contributed by atoms with Crippen molar-refractivity contribution in [2.75, 3.05) is 6.26 Å².